The Kier molecular flexibility index (Phi) is 7.69. The van der Waals surface area contributed by atoms with Crippen molar-refractivity contribution in [2.75, 3.05) is 31.7 Å². The zero-order valence-electron chi connectivity index (χ0n) is 18.6. The molecule has 166 valence electrons. The normalized spacial score (nSPS) is 16.1. The quantitative estimate of drug-likeness (QED) is 0.668. The first kappa shape index (κ1) is 22.8. The maximum absolute atomic E-state index is 13.3. The van der Waals surface area contributed by atoms with Crippen molar-refractivity contribution >= 4 is 17.5 Å². The molecule has 1 fully saturated rings. The van der Waals surface area contributed by atoms with Gasteiger partial charge in [0.15, 0.2) is 0 Å². The van der Waals surface area contributed by atoms with Gasteiger partial charge in [-0.1, -0.05) is 44.2 Å². The first-order valence-electron chi connectivity index (χ1n) is 10.9. The Morgan fingerprint density at radius 3 is 2.55 bits per heavy atom. The number of rotatable bonds is 9. The third-order valence-electron chi connectivity index (χ3n) is 5.80. The molecule has 0 bridgehead atoms. The van der Waals surface area contributed by atoms with E-state index in [-0.39, 0.29) is 24.8 Å². The largest absolute Gasteiger partial charge is 0.496 e. The summed E-state index contributed by atoms with van der Waals surface area (Å²) in [6, 6.07) is 15.6. The summed E-state index contributed by atoms with van der Waals surface area (Å²) in [6.45, 7) is 5.46. The number of aliphatic hydroxyl groups excluding tert-OH is 1. The SMILES string of the molecule is COc1ccccc1CN(CCCO)C(=O)C1CC(=O)N(c2ccc(C(C)C)cc2)C1. The van der Waals surface area contributed by atoms with E-state index in [9.17, 15) is 14.7 Å². The third-order valence-corrected chi connectivity index (χ3v) is 5.80. The average Bonchev–Trinajstić information content (AvgIpc) is 3.18. The van der Waals surface area contributed by atoms with Gasteiger partial charge in [0.05, 0.1) is 13.0 Å². The molecule has 0 saturated carbocycles. The molecule has 31 heavy (non-hydrogen) atoms. The molecule has 1 atom stereocenters. The Bertz CT molecular complexity index is 895. The standard InChI is InChI=1S/C25H32N2O4/c1-18(2)19-9-11-22(12-10-19)27-17-21(15-24(27)29)25(30)26(13-6-14-28)16-20-7-4-5-8-23(20)31-3/h4-5,7-12,18,21,28H,6,13-17H2,1-3H3. The number of hydrogen-bond donors (Lipinski definition) is 1. The lowest BCUT2D eigenvalue weighted by molar-refractivity contribution is -0.136. The zero-order chi connectivity index (χ0) is 22.4. The Labute approximate surface area is 184 Å². The molecule has 2 aromatic rings. The first-order chi connectivity index (χ1) is 14.9. The van der Waals surface area contributed by atoms with Crippen molar-refractivity contribution in [2.24, 2.45) is 5.92 Å². The summed E-state index contributed by atoms with van der Waals surface area (Å²) in [6.07, 6.45) is 0.689. The van der Waals surface area contributed by atoms with Gasteiger partial charge >= 0.3 is 0 Å². The van der Waals surface area contributed by atoms with Crippen LogP contribution in [0.2, 0.25) is 0 Å². The predicted octanol–water partition coefficient (Wildman–Crippen LogP) is 3.58. The molecule has 3 rings (SSSR count). The van der Waals surface area contributed by atoms with Crippen molar-refractivity contribution in [3.05, 3.63) is 59.7 Å². The molecule has 6 nitrogen and oxygen atoms in total. The van der Waals surface area contributed by atoms with Gasteiger partial charge in [-0.25, -0.2) is 0 Å². The van der Waals surface area contributed by atoms with Gasteiger partial charge < -0.3 is 19.6 Å². The van der Waals surface area contributed by atoms with E-state index in [0.717, 1.165) is 17.0 Å². The van der Waals surface area contributed by atoms with E-state index in [4.69, 9.17) is 4.74 Å². The lowest BCUT2D eigenvalue weighted by Crippen LogP contribution is -2.38. The number of methoxy groups -OCH3 is 1. The lowest BCUT2D eigenvalue weighted by Gasteiger charge is -2.26. The summed E-state index contributed by atoms with van der Waals surface area (Å²) in [7, 11) is 1.61. The fourth-order valence-electron chi connectivity index (χ4n) is 3.99. The molecule has 2 amide bonds. The van der Waals surface area contributed by atoms with Gasteiger partial charge in [-0.2, -0.15) is 0 Å². The van der Waals surface area contributed by atoms with Crippen LogP contribution in [0.1, 0.15) is 43.7 Å². The molecule has 0 radical (unpaired) electrons. The lowest BCUT2D eigenvalue weighted by atomic mass is 10.0. The number of hydrogen-bond acceptors (Lipinski definition) is 4. The van der Waals surface area contributed by atoms with Crippen molar-refractivity contribution in [1.82, 2.24) is 4.90 Å². The second-order valence-electron chi connectivity index (χ2n) is 8.30. The monoisotopic (exact) mass is 424 g/mol. The second-order valence-corrected chi connectivity index (χ2v) is 8.30. The number of nitrogens with zero attached hydrogens (tertiary/aromatic N) is 2. The number of para-hydroxylation sites is 1. The molecule has 1 N–H and O–H groups in total. The summed E-state index contributed by atoms with van der Waals surface area (Å²) in [5.41, 5.74) is 2.95. The molecular weight excluding hydrogens is 392 g/mol. The predicted molar refractivity (Wildman–Crippen MR) is 121 cm³/mol. The van der Waals surface area contributed by atoms with Crippen LogP contribution in [0, 0.1) is 5.92 Å². The van der Waals surface area contributed by atoms with E-state index in [1.807, 2.05) is 48.5 Å². The molecule has 0 aromatic heterocycles. The van der Waals surface area contributed by atoms with Crippen molar-refractivity contribution in [3.8, 4) is 5.75 Å². The molecule has 2 aromatic carbocycles. The molecule has 0 aliphatic carbocycles. The second kappa shape index (κ2) is 10.4. The third kappa shape index (κ3) is 5.44. The van der Waals surface area contributed by atoms with E-state index in [2.05, 4.69) is 13.8 Å². The summed E-state index contributed by atoms with van der Waals surface area (Å²) in [4.78, 5) is 29.5. The average molecular weight is 425 g/mol. The molecule has 1 heterocycles. The van der Waals surface area contributed by atoms with Crippen LogP contribution in [0.5, 0.6) is 5.75 Å². The van der Waals surface area contributed by atoms with Gasteiger partial charge in [0, 0.05) is 43.9 Å². The van der Waals surface area contributed by atoms with Gasteiger partial charge in [0.25, 0.3) is 0 Å². The number of carbonyl (C=O) groups is 2. The minimum atomic E-state index is -0.398. The Balaban J connectivity index is 1.74. The summed E-state index contributed by atoms with van der Waals surface area (Å²) in [5, 5.41) is 9.30. The van der Waals surface area contributed by atoms with Crippen molar-refractivity contribution in [3.63, 3.8) is 0 Å². The highest BCUT2D eigenvalue weighted by molar-refractivity contribution is 6.00. The number of ether oxygens (including phenoxy) is 1. The highest BCUT2D eigenvalue weighted by Crippen LogP contribution is 2.29. The number of carbonyl (C=O) groups excluding carboxylic acids is 2. The van der Waals surface area contributed by atoms with Crippen LogP contribution in [-0.2, 0) is 16.1 Å². The highest BCUT2D eigenvalue weighted by atomic mass is 16.5. The summed E-state index contributed by atoms with van der Waals surface area (Å²) >= 11 is 0. The van der Waals surface area contributed by atoms with Crippen LogP contribution in [0.25, 0.3) is 0 Å². The van der Waals surface area contributed by atoms with Crippen LogP contribution in [-0.4, -0.2) is 48.6 Å². The highest BCUT2D eigenvalue weighted by Gasteiger charge is 2.37. The fourth-order valence-corrected chi connectivity index (χ4v) is 3.99. The van der Waals surface area contributed by atoms with E-state index >= 15 is 0 Å². The van der Waals surface area contributed by atoms with Crippen LogP contribution in [0.4, 0.5) is 5.69 Å². The van der Waals surface area contributed by atoms with Crippen LogP contribution in [0.15, 0.2) is 48.5 Å². The minimum absolute atomic E-state index is 0.00757. The zero-order valence-corrected chi connectivity index (χ0v) is 18.6. The maximum Gasteiger partial charge on any atom is 0.228 e. The van der Waals surface area contributed by atoms with Gasteiger partial charge in [-0.3, -0.25) is 9.59 Å². The fraction of sp³-hybridized carbons (Fsp3) is 0.440. The first-order valence-corrected chi connectivity index (χ1v) is 10.9. The number of benzene rings is 2. The van der Waals surface area contributed by atoms with E-state index in [1.165, 1.54) is 5.56 Å². The summed E-state index contributed by atoms with van der Waals surface area (Å²) < 4.78 is 5.42. The Hall–Kier alpha value is -2.86. The van der Waals surface area contributed by atoms with Crippen LogP contribution < -0.4 is 9.64 Å². The van der Waals surface area contributed by atoms with Crippen molar-refractivity contribution in [2.45, 2.75) is 39.2 Å². The molecule has 1 aliphatic heterocycles. The maximum atomic E-state index is 13.3. The van der Waals surface area contributed by atoms with Crippen LogP contribution in [0.3, 0.4) is 0 Å². The van der Waals surface area contributed by atoms with Gasteiger partial charge in [-0.15, -0.1) is 0 Å². The van der Waals surface area contributed by atoms with Gasteiger partial charge in [0.1, 0.15) is 5.75 Å². The molecule has 1 unspecified atom stereocenters. The number of aliphatic hydroxyl groups is 1. The van der Waals surface area contributed by atoms with E-state index in [1.54, 1.807) is 16.9 Å². The number of amides is 2. The Morgan fingerprint density at radius 1 is 1.19 bits per heavy atom. The molecule has 0 spiro atoms. The Morgan fingerprint density at radius 2 is 1.90 bits per heavy atom. The van der Waals surface area contributed by atoms with Gasteiger partial charge in [-0.05, 0) is 36.1 Å². The molecular formula is C25H32N2O4. The number of anilines is 1. The summed E-state index contributed by atoms with van der Waals surface area (Å²) in [5.74, 6) is 0.654. The van der Waals surface area contributed by atoms with E-state index in [0.29, 0.717) is 32.0 Å². The van der Waals surface area contributed by atoms with Gasteiger partial charge in [0.2, 0.25) is 11.8 Å². The smallest absolute Gasteiger partial charge is 0.228 e. The molecule has 6 heteroatoms. The van der Waals surface area contributed by atoms with Crippen molar-refractivity contribution < 1.29 is 19.4 Å². The minimum Gasteiger partial charge on any atom is -0.496 e. The van der Waals surface area contributed by atoms with E-state index < -0.39 is 5.92 Å². The topological polar surface area (TPSA) is 70.1 Å². The van der Waals surface area contributed by atoms with Crippen molar-refractivity contribution in [1.29, 1.82) is 0 Å². The molecule has 1 saturated heterocycles. The van der Waals surface area contributed by atoms with Crippen LogP contribution >= 0.6 is 0 Å². The molecule has 1 aliphatic rings.